The molecule has 2 nitrogen and oxygen atoms in total. The average Bonchev–Trinajstić information content (AvgIpc) is 2.39. The number of aryl methyl sites for hydroxylation is 1. The highest BCUT2D eigenvalue weighted by molar-refractivity contribution is 6.03. The topological polar surface area (TPSA) is 25.8 Å². The summed E-state index contributed by atoms with van der Waals surface area (Å²) in [5.74, 6) is 0. The first-order valence-electron chi connectivity index (χ1n) is 6.02. The molecule has 2 heteroatoms. The van der Waals surface area contributed by atoms with Gasteiger partial charge in [-0.2, -0.15) is 0 Å². The quantitative estimate of drug-likeness (QED) is 0.617. The lowest BCUT2D eigenvalue weighted by molar-refractivity contribution is 0.890. The molecule has 3 aromatic rings. The Bertz CT molecular complexity index is 674. The minimum Gasteiger partial charge on any atom is -0.256 e. The fourth-order valence-corrected chi connectivity index (χ4v) is 2.18. The van der Waals surface area contributed by atoms with E-state index < -0.39 is 0 Å². The molecule has 0 aliphatic carbocycles. The molecule has 0 spiro atoms. The van der Waals surface area contributed by atoms with Gasteiger partial charge in [0, 0.05) is 22.7 Å². The third-order valence-electron chi connectivity index (χ3n) is 3.00. The van der Waals surface area contributed by atoms with Crippen molar-refractivity contribution < 1.29 is 0 Å². The highest BCUT2D eigenvalue weighted by atomic mass is 14.7. The van der Waals surface area contributed by atoms with Gasteiger partial charge in [0.15, 0.2) is 0 Å². The van der Waals surface area contributed by atoms with Crippen LogP contribution >= 0.6 is 0 Å². The number of hydrogen-bond acceptors (Lipinski definition) is 2. The first-order chi connectivity index (χ1) is 8.38. The van der Waals surface area contributed by atoms with Crippen LogP contribution in [-0.4, -0.2) is 9.97 Å². The third-order valence-corrected chi connectivity index (χ3v) is 3.00. The van der Waals surface area contributed by atoms with Crippen molar-refractivity contribution in [2.45, 2.75) is 19.8 Å². The number of aromatic nitrogens is 2. The zero-order chi connectivity index (χ0) is 11.7. The normalized spacial score (nSPS) is 11.1. The average molecular weight is 222 g/mol. The lowest BCUT2D eigenvalue weighted by atomic mass is 10.1. The van der Waals surface area contributed by atoms with E-state index in [4.69, 9.17) is 4.98 Å². The van der Waals surface area contributed by atoms with Gasteiger partial charge in [-0.1, -0.05) is 25.5 Å². The van der Waals surface area contributed by atoms with Crippen molar-refractivity contribution in [3.63, 3.8) is 0 Å². The highest BCUT2D eigenvalue weighted by Crippen LogP contribution is 2.22. The largest absolute Gasteiger partial charge is 0.256 e. The molecule has 3 rings (SSSR count). The minimum absolute atomic E-state index is 1.01. The Kier molecular flexibility index (Phi) is 2.48. The molecule has 0 saturated carbocycles. The summed E-state index contributed by atoms with van der Waals surface area (Å²) in [4.78, 5) is 9.12. The van der Waals surface area contributed by atoms with Crippen LogP contribution in [0, 0.1) is 0 Å². The van der Waals surface area contributed by atoms with Crippen molar-refractivity contribution >= 4 is 21.8 Å². The van der Waals surface area contributed by atoms with Gasteiger partial charge in [0.05, 0.1) is 11.0 Å². The number of hydrogen-bond donors (Lipinski definition) is 0. The Morgan fingerprint density at radius 3 is 2.82 bits per heavy atom. The van der Waals surface area contributed by atoms with E-state index in [2.05, 4.69) is 42.2 Å². The SMILES string of the molecule is CCCc1ccc2ccc3ncccc3c2n1. The Morgan fingerprint density at radius 2 is 1.94 bits per heavy atom. The van der Waals surface area contributed by atoms with E-state index in [-0.39, 0.29) is 0 Å². The lowest BCUT2D eigenvalue weighted by Gasteiger charge is -2.04. The first-order valence-corrected chi connectivity index (χ1v) is 6.02. The van der Waals surface area contributed by atoms with Crippen LogP contribution in [0.5, 0.6) is 0 Å². The maximum Gasteiger partial charge on any atom is 0.0799 e. The summed E-state index contributed by atoms with van der Waals surface area (Å²) in [6.07, 6.45) is 3.98. The van der Waals surface area contributed by atoms with Gasteiger partial charge in [-0.05, 0) is 30.7 Å². The molecule has 0 bridgehead atoms. The van der Waals surface area contributed by atoms with E-state index in [9.17, 15) is 0 Å². The van der Waals surface area contributed by atoms with Crippen molar-refractivity contribution in [2.75, 3.05) is 0 Å². The Labute approximate surface area is 100 Å². The zero-order valence-electron chi connectivity index (χ0n) is 9.85. The van der Waals surface area contributed by atoms with Crippen molar-refractivity contribution in [1.82, 2.24) is 9.97 Å². The summed E-state index contributed by atoms with van der Waals surface area (Å²) in [6, 6.07) is 12.5. The molecule has 0 unspecified atom stereocenters. The maximum absolute atomic E-state index is 4.75. The molecule has 0 N–H and O–H groups in total. The molecule has 2 heterocycles. The molecule has 1 aromatic carbocycles. The van der Waals surface area contributed by atoms with Crippen LogP contribution in [-0.2, 0) is 6.42 Å². The lowest BCUT2D eigenvalue weighted by Crippen LogP contribution is -1.91. The van der Waals surface area contributed by atoms with Gasteiger partial charge in [-0.15, -0.1) is 0 Å². The van der Waals surface area contributed by atoms with Crippen LogP contribution < -0.4 is 0 Å². The monoisotopic (exact) mass is 222 g/mol. The Morgan fingerprint density at radius 1 is 1.06 bits per heavy atom. The highest BCUT2D eigenvalue weighted by Gasteiger charge is 2.03. The van der Waals surface area contributed by atoms with E-state index in [1.807, 2.05) is 12.3 Å². The number of fused-ring (bicyclic) bond motifs is 3. The molecule has 0 fully saturated rings. The van der Waals surface area contributed by atoms with Crippen LogP contribution in [0.3, 0.4) is 0 Å². The van der Waals surface area contributed by atoms with Crippen LogP contribution in [0.15, 0.2) is 42.6 Å². The summed E-state index contributed by atoms with van der Waals surface area (Å²) >= 11 is 0. The molecule has 0 amide bonds. The second kappa shape index (κ2) is 4.13. The molecule has 0 radical (unpaired) electrons. The van der Waals surface area contributed by atoms with Gasteiger partial charge in [-0.3, -0.25) is 9.97 Å². The Hall–Kier alpha value is -1.96. The van der Waals surface area contributed by atoms with Gasteiger partial charge in [0.2, 0.25) is 0 Å². The van der Waals surface area contributed by atoms with Gasteiger partial charge in [0.1, 0.15) is 0 Å². The van der Waals surface area contributed by atoms with Crippen molar-refractivity contribution in [2.24, 2.45) is 0 Å². The summed E-state index contributed by atoms with van der Waals surface area (Å²) in [7, 11) is 0. The molecule has 84 valence electrons. The molecule has 0 aliphatic rings. The van der Waals surface area contributed by atoms with E-state index >= 15 is 0 Å². The molecule has 0 aliphatic heterocycles. The minimum atomic E-state index is 1.01. The fraction of sp³-hybridized carbons (Fsp3) is 0.200. The predicted molar refractivity (Wildman–Crippen MR) is 71.0 cm³/mol. The molecule has 0 atom stereocenters. The maximum atomic E-state index is 4.75. The molecular weight excluding hydrogens is 208 g/mol. The number of pyridine rings is 2. The summed E-state index contributed by atoms with van der Waals surface area (Å²) in [6.45, 7) is 2.18. The van der Waals surface area contributed by atoms with Crippen molar-refractivity contribution in [3.05, 3.63) is 48.3 Å². The van der Waals surface area contributed by atoms with Crippen molar-refractivity contribution in [3.8, 4) is 0 Å². The molecule has 2 aromatic heterocycles. The van der Waals surface area contributed by atoms with E-state index in [0.717, 1.165) is 35.0 Å². The van der Waals surface area contributed by atoms with Crippen LogP contribution in [0.25, 0.3) is 21.8 Å². The van der Waals surface area contributed by atoms with E-state index in [1.165, 1.54) is 5.39 Å². The first kappa shape index (κ1) is 10.2. The van der Waals surface area contributed by atoms with E-state index in [1.54, 1.807) is 0 Å². The van der Waals surface area contributed by atoms with E-state index in [0.29, 0.717) is 0 Å². The zero-order valence-corrected chi connectivity index (χ0v) is 9.85. The molecular formula is C15H14N2. The third kappa shape index (κ3) is 1.76. The number of rotatable bonds is 2. The van der Waals surface area contributed by atoms with Gasteiger partial charge >= 0.3 is 0 Å². The van der Waals surface area contributed by atoms with Crippen LogP contribution in [0.4, 0.5) is 0 Å². The fourth-order valence-electron chi connectivity index (χ4n) is 2.18. The predicted octanol–water partition coefficient (Wildman–Crippen LogP) is 3.74. The van der Waals surface area contributed by atoms with Gasteiger partial charge < -0.3 is 0 Å². The summed E-state index contributed by atoms with van der Waals surface area (Å²) in [5, 5.41) is 2.33. The number of benzene rings is 1. The van der Waals surface area contributed by atoms with Gasteiger partial charge in [0.25, 0.3) is 0 Å². The molecule has 17 heavy (non-hydrogen) atoms. The Balaban J connectivity index is 2.34. The number of nitrogens with zero attached hydrogens (tertiary/aromatic N) is 2. The van der Waals surface area contributed by atoms with Crippen LogP contribution in [0.2, 0.25) is 0 Å². The van der Waals surface area contributed by atoms with Crippen molar-refractivity contribution in [1.29, 1.82) is 0 Å². The second-order valence-corrected chi connectivity index (χ2v) is 4.26. The van der Waals surface area contributed by atoms with Crippen LogP contribution in [0.1, 0.15) is 19.0 Å². The standard InChI is InChI=1S/C15H14N2/c1-2-4-12-8-6-11-7-9-14-13(15(11)17-12)5-3-10-16-14/h3,5-10H,2,4H2,1H3. The molecule has 0 saturated heterocycles. The smallest absolute Gasteiger partial charge is 0.0799 e. The summed E-state index contributed by atoms with van der Waals surface area (Å²) < 4.78 is 0. The van der Waals surface area contributed by atoms with Gasteiger partial charge in [-0.25, -0.2) is 0 Å². The summed E-state index contributed by atoms with van der Waals surface area (Å²) in [5.41, 5.74) is 3.25. The second-order valence-electron chi connectivity index (χ2n) is 4.26.